The van der Waals surface area contributed by atoms with E-state index in [2.05, 4.69) is 17.1 Å². The Morgan fingerprint density at radius 1 is 1.17 bits per heavy atom. The van der Waals surface area contributed by atoms with Crippen LogP contribution in [0.1, 0.15) is 33.3 Å². The average molecular weight is 310 g/mol. The van der Waals surface area contributed by atoms with Crippen LogP contribution in [0.2, 0.25) is 0 Å². The number of hydrogen-bond acceptors (Lipinski definition) is 4. The van der Waals surface area contributed by atoms with Crippen LogP contribution < -0.4 is 5.73 Å². The number of hydrogen-bond donors (Lipinski definition) is 1. The van der Waals surface area contributed by atoms with Crippen LogP contribution in [0.4, 0.5) is 0 Å². The van der Waals surface area contributed by atoms with Crippen LogP contribution in [0.5, 0.6) is 0 Å². The van der Waals surface area contributed by atoms with Gasteiger partial charge in [0.25, 0.3) is 0 Å². The van der Waals surface area contributed by atoms with Crippen LogP contribution in [0.15, 0.2) is 42.0 Å². The fraction of sp³-hybridized carbons (Fsp3) is 0.389. The molecule has 1 fully saturated rings. The van der Waals surface area contributed by atoms with Crippen LogP contribution in [0.25, 0.3) is 17.0 Å². The Hall–Kier alpha value is -1.69. The zero-order chi connectivity index (χ0) is 16.7. The molecule has 2 N–H and O–H groups in total. The van der Waals surface area contributed by atoms with Gasteiger partial charge in [0.05, 0.1) is 16.7 Å². The fourth-order valence-electron chi connectivity index (χ4n) is 2.60. The van der Waals surface area contributed by atoms with Crippen LogP contribution in [-0.2, 0) is 9.31 Å². The van der Waals surface area contributed by atoms with Gasteiger partial charge in [0.1, 0.15) is 0 Å². The molecule has 0 atom stereocenters. The van der Waals surface area contributed by atoms with E-state index in [1.807, 2.05) is 58.2 Å². The van der Waals surface area contributed by atoms with Gasteiger partial charge in [-0.05, 0) is 50.9 Å². The van der Waals surface area contributed by atoms with Crippen molar-refractivity contribution in [2.24, 2.45) is 5.73 Å². The smallest absolute Gasteiger partial charge is 0.400 e. The Morgan fingerprint density at radius 2 is 1.83 bits per heavy atom. The summed E-state index contributed by atoms with van der Waals surface area (Å²) in [6.07, 6.45) is 3.87. The first-order valence-corrected chi connectivity index (χ1v) is 7.93. The molecule has 1 saturated heterocycles. The average Bonchev–Trinajstić information content (AvgIpc) is 2.72. The largest absolute Gasteiger partial charge is 0.491 e. The third-order valence-corrected chi connectivity index (χ3v) is 4.76. The predicted molar refractivity (Wildman–Crippen MR) is 94.9 cm³/mol. The summed E-state index contributed by atoms with van der Waals surface area (Å²) in [5, 5.41) is 1.10. The minimum atomic E-state index is -0.420. The van der Waals surface area contributed by atoms with Crippen molar-refractivity contribution in [1.29, 1.82) is 0 Å². The zero-order valence-corrected chi connectivity index (χ0v) is 14.2. The van der Waals surface area contributed by atoms with Crippen molar-refractivity contribution in [1.82, 2.24) is 4.98 Å². The summed E-state index contributed by atoms with van der Waals surface area (Å²) < 4.78 is 12.2. The van der Waals surface area contributed by atoms with Gasteiger partial charge in [-0.2, -0.15) is 0 Å². The van der Waals surface area contributed by atoms with E-state index in [-0.39, 0.29) is 11.2 Å². The molecule has 1 aromatic carbocycles. The molecule has 1 aliphatic heterocycles. The molecule has 23 heavy (non-hydrogen) atoms. The molecule has 0 amide bonds. The predicted octanol–water partition coefficient (Wildman–Crippen LogP) is 3.21. The first kappa shape index (κ1) is 16.2. The minimum Gasteiger partial charge on any atom is -0.400 e. The summed E-state index contributed by atoms with van der Waals surface area (Å²) in [5.41, 5.74) is 8.10. The van der Waals surface area contributed by atoms with E-state index in [9.17, 15) is 0 Å². The lowest BCUT2D eigenvalue weighted by Crippen LogP contribution is -2.41. The van der Waals surface area contributed by atoms with Gasteiger partial charge in [0.15, 0.2) is 0 Å². The maximum Gasteiger partial charge on any atom is 0.491 e. The summed E-state index contributed by atoms with van der Waals surface area (Å²) in [6.45, 7) is 8.54. The zero-order valence-electron chi connectivity index (χ0n) is 14.2. The van der Waals surface area contributed by atoms with Crippen molar-refractivity contribution in [2.75, 3.05) is 6.54 Å². The first-order valence-electron chi connectivity index (χ1n) is 7.93. The topological polar surface area (TPSA) is 57.4 Å². The van der Waals surface area contributed by atoms with Crippen LogP contribution >= 0.6 is 0 Å². The van der Waals surface area contributed by atoms with Crippen molar-refractivity contribution in [3.63, 3.8) is 0 Å². The third-order valence-electron chi connectivity index (χ3n) is 4.76. The minimum absolute atomic E-state index is 0.367. The van der Waals surface area contributed by atoms with Crippen LogP contribution in [0, 0.1) is 0 Å². The van der Waals surface area contributed by atoms with Gasteiger partial charge in [-0.25, -0.2) is 0 Å². The summed E-state index contributed by atoms with van der Waals surface area (Å²) >= 11 is 0. The highest BCUT2D eigenvalue weighted by molar-refractivity contribution is 6.55. The molecule has 0 unspecified atom stereocenters. The van der Waals surface area contributed by atoms with E-state index < -0.39 is 7.12 Å². The molecule has 3 rings (SSSR count). The summed E-state index contributed by atoms with van der Waals surface area (Å²) in [7, 11) is -0.420. The Labute approximate surface area is 137 Å². The first-order chi connectivity index (χ1) is 10.8. The van der Waals surface area contributed by atoms with Gasteiger partial charge in [-0.3, -0.25) is 4.98 Å². The van der Waals surface area contributed by atoms with E-state index in [0.717, 1.165) is 21.9 Å². The summed E-state index contributed by atoms with van der Waals surface area (Å²) in [5.74, 6) is 0. The van der Waals surface area contributed by atoms with Crippen LogP contribution in [0.3, 0.4) is 0 Å². The molecule has 0 spiro atoms. The van der Waals surface area contributed by atoms with Crippen LogP contribution in [-0.4, -0.2) is 29.8 Å². The van der Waals surface area contributed by atoms with Crippen molar-refractivity contribution in [2.45, 2.75) is 38.9 Å². The standard InChI is InChI=1S/C18H23BN2O2/c1-17(2)18(3,4)23-19(22-17)15(11-20)10-13-9-14-7-5-6-8-16(14)21-12-13/h5-10,12H,11,20H2,1-4H3. The lowest BCUT2D eigenvalue weighted by Gasteiger charge is -2.32. The monoisotopic (exact) mass is 310 g/mol. The van der Waals surface area contributed by atoms with E-state index in [1.165, 1.54) is 0 Å². The molecular formula is C18H23BN2O2. The Kier molecular flexibility index (Phi) is 4.04. The van der Waals surface area contributed by atoms with Crippen molar-refractivity contribution in [3.05, 3.63) is 47.6 Å². The van der Waals surface area contributed by atoms with Gasteiger partial charge < -0.3 is 15.0 Å². The van der Waals surface area contributed by atoms with E-state index in [0.29, 0.717) is 6.54 Å². The number of aromatic nitrogens is 1. The fourth-order valence-corrected chi connectivity index (χ4v) is 2.60. The summed E-state index contributed by atoms with van der Waals surface area (Å²) in [6, 6.07) is 10.1. The molecule has 0 aliphatic carbocycles. The Balaban J connectivity index is 1.92. The molecule has 4 nitrogen and oxygen atoms in total. The molecule has 120 valence electrons. The second-order valence-corrected chi connectivity index (χ2v) is 6.97. The van der Waals surface area contributed by atoms with Gasteiger partial charge in [-0.15, -0.1) is 0 Å². The van der Waals surface area contributed by atoms with Crippen molar-refractivity contribution < 1.29 is 9.31 Å². The molecule has 2 heterocycles. The van der Waals surface area contributed by atoms with Crippen molar-refractivity contribution in [3.8, 4) is 0 Å². The lowest BCUT2D eigenvalue weighted by atomic mass is 9.77. The van der Waals surface area contributed by atoms with Gasteiger partial charge in [0, 0.05) is 18.1 Å². The number of pyridine rings is 1. The lowest BCUT2D eigenvalue weighted by molar-refractivity contribution is 0.00578. The molecule has 2 aromatic rings. The number of para-hydroxylation sites is 1. The molecule has 1 aliphatic rings. The maximum absolute atomic E-state index is 6.09. The van der Waals surface area contributed by atoms with Gasteiger partial charge >= 0.3 is 7.12 Å². The Bertz CT molecular complexity index is 740. The molecule has 0 bridgehead atoms. The number of nitrogens with zero attached hydrogens (tertiary/aromatic N) is 1. The molecule has 5 heteroatoms. The summed E-state index contributed by atoms with van der Waals surface area (Å²) in [4.78, 5) is 4.49. The number of fused-ring (bicyclic) bond motifs is 1. The Morgan fingerprint density at radius 3 is 2.48 bits per heavy atom. The number of nitrogens with two attached hydrogens (primary N) is 1. The highest BCUT2D eigenvalue weighted by Gasteiger charge is 2.52. The molecule has 0 saturated carbocycles. The second kappa shape index (κ2) is 5.75. The van der Waals surface area contributed by atoms with Crippen molar-refractivity contribution >= 4 is 24.1 Å². The van der Waals surface area contributed by atoms with E-state index in [1.54, 1.807) is 0 Å². The SMILES string of the molecule is CC1(C)OB(C(=Cc2cnc3ccccc3c2)CN)OC1(C)C. The normalized spacial score (nSPS) is 20.2. The second-order valence-electron chi connectivity index (χ2n) is 6.97. The molecule has 0 radical (unpaired) electrons. The highest BCUT2D eigenvalue weighted by Crippen LogP contribution is 2.38. The number of benzene rings is 1. The quantitative estimate of drug-likeness (QED) is 0.885. The highest BCUT2D eigenvalue weighted by atomic mass is 16.7. The van der Waals surface area contributed by atoms with E-state index in [4.69, 9.17) is 15.0 Å². The van der Waals surface area contributed by atoms with E-state index >= 15 is 0 Å². The maximum atomic E-state index is 6.09. The number of rotatable bonds is 3. The molecular weight excluding hydrogens is 287 g/mol. The molecule has 1 aromatic heterocycles. The van der Waals surface area contributed by atoms with Gasteiger partial charge in [-0.1, -0.05) is 24.3 Å². The third kappa shape index (κ3) is 3.04. The van der Waals surface area contributed by atoms with Gasteiger partial charge in [0.2, 0.25) is 0 Å².